The van der Waals surface area contributed by atoms with Crippen LogP contribution in [0.4, 0.5) is 0 Å². The number of likely N-dealkylation sites (tertiary alicyclic amines) is 1. The Bertz CT molecular complexity index is 732. The number of nitrogens with one attached hydrogen (secondary N) is 1. The average Bonchev–Trinajstić information content (AvgIpc) is 3.05. The summed E-state index contributed by atoms with van der Waals surface area (Å²) in [4.78, 5) is 26.5. The number of benzene rings is 1. The third kappa shape index (κ3) is 4.18. The Morgan fingerprint density at radius 3 is 2.80 bits per heavy atom. The van der Waals surface area contributed by atoms with Crippen molar-refractivity contribution in [2.45, 2.75) is 39.0 Å². The van der Waals surface area contributed by atoms with E-state index < -0.39 is 0 Å². The lowest BCUT2D eigenvalue weighted by atomic mass is 9.95. The molecule has 2 amide bonds. The van der Waals surface area contributed by atoms with Gasteiger partial charge in [0, 0.05) is 30.9 Å². The normalized spacial score (nSPS) is 15.5. The number of rotatable bonds is 6. The predicted molar refractivity (Wildman–Crippen MR) is 94.9 cm³/mol. The molecule has 0 saturated carbocycles. The molecular formula is C19H25N3O3. The lowest BCUT2D eigenvalue weighted by Gasteiger charge is -2.31. The Labute approximate surface area is 147 Å². The molecule has 6 nitrogen and oxygen atoms in total. The molecule has 0 unspecified atom stereocenters. The smallest absolute Gasteiger partial charge is 0.228 e. The van der Waals surface area contributed by atoms with Crippen molar-refractivity contribution in [3.05, 3.63) is 30.0 Å². The Balaban J connectivity index is 1.51. The van der Waals surface area contributed by atoms with E-state index in [1.807, 2.05) is 29.2 Å². The van der Waals surface area contributed by atoms with E-state index in [-0.39, 0.29) is 24.2 Å². The van der Waals surface area contributed by atoms with E-state index in [1.165, 1.54) is 0 Å². The quantitative estimate of drug-likeness (QED) is 0.818. The number of amides is 2. The van der Waals surface area contributed by atoms with Crippen molar-refractivity contribution in [1.82, 2.24) is 15.4 Å². The molecule has 1 saturated heterocycles. The van der Waals surface area contributed by atoms with Gasteiger partial charge in [0.15, 0.2) is 5.58 Å². The fraction of sp³-hybridized carbons (Fsp3) is 0.526. The molecule has 0 atom stereocenters. The zero-order valence-electron chi connectivity index (χ0n) is 14.7. The maximum atomic E-state index is 12.5. The van der Waals surface area contributed by atoms with E-state index in [4.69, 9.17) is 4.52 Å². The summed E-state index contributed by atoms with van der Waals surface area (Å²) in [6.45, 7) is 4.10. The summed E-state index contributed by atoms with van der Waals surface area (Å²) in [5, 5.41) is 7.91. The molecular weight excluding hydrogens is 318 g/mol. The molecule has 0 radical (unpaired) electrons. The third-order valence-corrected chi connectivity index (χ3v) is 4.82. The van der Waals surface area contributed by atoms with Gasteiger partial charge in [0.1, 0.15) is 5.69 Å². The van der Waals surface area contributed by atoms with Gasteiger partial charge in [0.2, 0.25) is 11.8 Å². The molecule has 1 N–H and O–H groups in total. The summed E-state index contributed by atoms with van der Waals surface area (Å²) in [5.41, 5.74) is 1.38. The van der Waals surface area contributed by atoms with E-state index >= 15 is 0 Å². The largest absolute Gasteiger partial charge is 0.356 e. The molecule has 2 heterocycles. The monoisotopic (exact) mass is 343 g/mol. The van der Waals surface area contributed by atoms with Crippen LogP contribution < -0.4 is 5.32 Å². The number of carbonyl (C=O) groups is 2. The van der Waals surface area contributed by atoms with Gasteiger partial charge in [-0.25, -0.2) is 0 Å². The third-order valence-electron chi connectivity index (χ3n) is 4.82. The van der Waals surface area contributed by atoms with Crippen molar-refractivity contribution in [2.24, 2.45) is 5.92 Å². The molecule has 3 rings (SSSR count). The topological polar surface area (TPSA) is 75.4 Å². The molecule has 1 fully saturated rings. The maximum absolute atomic E-state index is 12.5. The van der Waals surface area contributed by atoms with Crippen LogP contribution in [0.25, 0.3) is 11.0 Å². The SMILES string of the molecule is CCCCNC(=O)C1CCN(C(=O)Cc2noc3ccccc23)CC1. The minimum atomic E-state index is 0.0220. The van der Waals surface area contributed by atoms with E-state index in [2.05, 4.69) is 17.4 Å². The first-order valence-corrected chi connectivity index (χ1v) is 9.07. The molecule has 2 aromatic rings. The van der Waals surface area contributed by atoms with Crippen LogP contribution in [0.3, 0.4) is 0 Å². The van der Waals surface area contributed by atoms with Gasteiger partial charge < -0.3 is 14.7 Å². The van der Waals surface area contributed by atoms with Crippen LogP contribution in [0.5, 0.6) is 0 Å². The van der Waals surface area contributed by atoms with Crippen LogP contribution in [0.2, 0.25) is 0 Å². The molecule has 1 aromatic heterocycles. The van der Waals surface area contributed by atoms with Crippen molar-refractivity contribution >= 4 is 22.8 Å². The molecule has 0 spiro atoms. The highest BCUT2D eigenvalue weighted by Gasteiger charge is 2.27. The van der Waals surface area contributed by atoms with Crippen molar-refractivity contribution in [1.29, 1.82) is 0 Å². The van der Waals surface area contributed by atoms with E-state index in [9.17, 15) is 9.59 Å². The van der Waals surface area contributed by atoms with Crippen molar-refractivity contribution in [3.63, 3.8) is 0 Å². The second-order valence-corrected chi connectivity index (χ2v) is 6.60. The van der Waals surface area contributed by atoms with Gasteiger partial charge >= 0.3 is 0 Å². The summed E-state index contributed by atoms with van der Waals surface area (Å²) in [6.07, 6.45) is 3.77. The number of fused-ring (bicyclic) bond motifs is 1. The number of aromatic nitrogens is 1. The summed E-state index contributed by atoms with van der Waals surface area (Å²) in [7, 11) is 0. The van der Waals surface area contributed by atoms with Gasteiger partial charge in [-0.3, -0.25) is 9.59 Å². The highest BCUT2D eigenvalue weighted by atomic mass is 16.5. The van der Waals surface area contributed by atoms with Crippen LogP contribution >= 0.6 is 0 Å². The zero-order chi connectivity index (χ0) is 17.6. The van der Waals surface area contributed by atoms with Crippen molar-refractivity contribution < 1.29 is 14.1 Å². The van der Waals surface area contributed by atoms with Crippen LogP contribution in [-0.2, 0) is 16.0 Å². The maximum Gasteiger partial charge on any atom is 0.228 e. The number of carbonyl (C=O) groups excluding carboxylic acids is 2. The first kappa shape index (κ1) is 17.5. The minimum absolute atomic E-state index is 0.0220. The molecule has 25 heavy (non-hydrogen) atoms. The zero-order valence-corrected chi connectivity index (χ0v) is 14.7. The molecule has 1 aromatic carbocycles. The molecule has 6 heteroatoms. The Morgan fingerprint density at radius 2 is 2.04 bits per heavy atom. The summed E-state index contributed by atoms with van der Waals surface area (Å²) in [5.74, 6) is 0.195. The fourth-order valence-electron chi connectivity index (χ4n) is 3.24. The highest BCUT2D eigenvalue weighted by Crippen LogP contribution is 2.21. The molecule has 1 aliphatic rings. The first-order chi connectivity index (χ1) is 12.2. The Hall–Kier alpha value is -2.37. The van der Waals surface area contributed by atoms with E-state index in [0.717, 1.165) is 37.6 Å². The average molecular weight is 343 g/mol. The van der Waals surface area contributed by atoms with Crippen LogP contribution in [0, 0.1) is 5.92 Å². The summed E-state index contributed by atoms with van der Waals surface area (Å²) in [6, 6.07) is 7.56. The van der Waals surface area contributed by atoms with E-state index in [0.29, 0.717) is 24.4 Å². The predicted octanol–water partition coefficient (Wildman–Crippen LogP) is 2.53. The molecule has 0 bridgehead atoms. The lowest BCUT2D eigenvalue weighted by Crippen LogP contribution is -2.43. The van der Waals surface area contributed by atoms with Gasteiger partial charge in [-0.05, 0) is 31.4 Å². The number of hydrogen-bond donors (Lipinski definition) is 1. The van der Waals surface area contributed by atoms with Crippen LogP contribution in [-0.4, -0.2) is 41.5 Å². The molecule has 1 aliphatic heterocycles. The second-order valence-electron chi connectivity index (χ2n) is 6.60. The molecule has 134 valence electrons. The summed E-state index contributed by atoms with van der Waals surface area (Å²) < 4.78 is 5.26. The summed E-state index contributed by atoms with van der Waals surface area (Å²) >= 11 is 0. The van der Waals surface area contributed by atoms with Crippen molar-refractivity contribution in [2.75, 3.05) is 19.6 Å². The number of para-hydroxylation sites is 1. The fourth-order valence-corrected chi connectivity index (χ4v) is 3.24. The first-order valence-electron chi connectivity index (χ1n) is 9.07. The highest BCUT2D eigenvalue weighted by molar-refractivity contribution is 5.86. The second kappa shape index (κ2) is 8.14. The van der Waals surface area contributed by atoms with Gasteiger partial charge in [0.25, 0.3) is 0 Å². The van der Waals surface area contributed by atoms with Crippen LogP contribution in [0.15, 0.2) is 28.8 Å². The number of nitrogens with zero attached hydrogens (tertiary/aromatic N) is 2. The van der Waals surface area contributed by atoms with Crippen molar-refractivity contribution in [3.8, 4) is 0 Å². The molecule has 0 aliphatic carbocycles. The van der Waals surface area contributed by atoms with Gasteiger partial charge in [0.05, 0.1) is 6.42 Å². The number of piperidine rings is 1. The van der Waals surface area contributed by atoms with Crippen LogP contribution in [0.1, 0.15) is 38.3 Å². The Kier molecular flexibility index (Phi) is 5.68. The Morgan fingerprint density at radius 1 is 1.28 bits per heavy atom. The lowest BCUT2D eigenvalue weighted by molar-refractivity contribution is -0.135. The van der Waals surface area contributed by atoms with Gasteiger partial charge in [-0.1, -0.05) is 30.6 Å². The number of hydrogen-bond acceptors (Lipinski definition) is 4. The minimum Gasteiger partial charge on any atom is -0.356 e. The number of unbranched alkanes of at least 4 members (excludes halogenated alkanes) is 1. The van der Waals surface area contributed by atoms with Gasteiger partial charge in [-0.2, -0.15) is 0 Å². The van der Waals surface area contributed by atoms with Gasteiger partial charge in [-0.15, -0.1) is 0 Å². The standard InChI is InChI=1S/C19H25N3O3/c1-2-3-10-20-19(24)14-8-11-22(12-9-14)18(23)13-16-15-6-4-5-7-17(15)25-21-16/h4-7,14H,2-3,8-13H2,1H3,(H,20,24). The van der Waals surface area contributed by atoms with E-state index in [1.54, 1.807) is 0 Å².